The average Bonchev–Trinajstić information content (AvgIpc) is 3.18. The molecule has 0 atom stereocenters. The number of hydrogen-bond donors (Lipinski definition) is 1. The van der Waals surface area contributed by atoms with E-state index in [4.69, 9.17) is 25.3 Å². The minimum Gasteiger partial charge on any atom is -0.493 e. The molecule has 0 amide bonds. The fourth-order valence-corrected chi connectivity index (χ4v) is 3.91. The first-order valence-electron chi connectivity index (χ1n) is 10.0. The third-order valence-corrected chi connectivity index (χ3v) is 5.49. The Hall–Kier alpha value is -2.64. The molecule has 0 unspecified atom stereocenters. The molecule has 4 rings (SSSR count). The monoisotopic (exact) mass is 429 g/mol. The van der Waals surface area contributed by atoms with E-state index in [1.165, 1.54) is 0 Å². The maximum Gasteiger partial charge on any atom is 0.161 e. The summed E-state index contributed by atoms with van der Waals surface area (Å²) in [5.74, 6) is 4.31. The summed E-state index contributed by atoms with van der Waals surface area (Å²) >= 11 is 0. The Morgan fingerprint density at radius 2 is 1.80 bits per heavy atom. The minimum absolute atomic E-state index is 0. The molecule has 0 bridgehead atoms. The van der Waals surface area contributed by atoms with E-state index in [2.05, 4.69) is 4.98 Å². The third kappa shape index (κ3) is 4.74. The third-order valence-electron chi connectivity index (χ3n) is 5.49. The maximum absolute atomic E-state index is 6.11. The zero-order valence-electron chi connectivity index (χ0n) is 17.3. The number of aromatic nitrogens is 4. The molecule has 1 aliphatic rings. The van der Waals surface area contributed by atoms with Crippen molar-refractivity contribution in [3.63, 3.8) is 0 Å². The molecule has 7 nitrogen and oxygen atoms in total. The topological polar surface area (TPSA) is 88.1 Å². The van der Waals surface area contributed by atoms with Crippen molar-refractivity contribution >= 4 is 12.4 Å². The van der Waals surface area contributed by atoms with Crippen LogP contribution >= 0.6 is 12.4 Å². The van der Waals surface area contributed by atoms with Crippen LogP contribution in [0, 0.1) is 0 Å². The van der Waals surface area contributed by atoms with Gasteiger partial charge in [0.25, 0.3) is 0 Å². The van der Waals surface area contributed by atoms with Gasteiger partial charge >= 0.3 is 0 Å². The number of methoxy groups -OCH3 is 2. The Bertz CT molecular complexity index is 955. The number of rotatable bonds is 6. The standard InChI is InChI=1S/C22H27N5O2.ClH/c1-28-18-11-6-15(13-19(18)29-2)14-20-25-22(16-7-9-17(23)10-8-16)27(26-20)21-5-3-4-12-24-21;/h3-6,11-13,16-17H,7-10,14,23H2,1-2H3;1H. The molecule has 1 saturated carbocycles. The summed E-state index contributed by atoms with van der Waals surface area (Å²) in [4.78, 5) is 9.42. The summed E-state index contributed by atoms with van der Waals surface area (Å²) < 4.78 is 12.7. The van der Waals surface area contributed by atoms with Crippen LogP contribution < -0.4 is 15.2 Å². The van der Waals surface area contributed by atoms with Gasteiger partial charge in [0.1, 0.15) is 5.82 Å². The number of ether oxygens (including phenoxy) is 2. The zero-order chi connectivity index (χ0) is 20.2. The number of nitrogens with zero attached hydrogens (tertiary/aromatic N) is 4. The summed E-state index contributed by atoms with van der Waals surface area (Å²) in [5, 5.41) is 4.81. The highest BCUT2D eigenvalue weighted by Crippen LogP contribution is 2.33. The lowest BCUT2D eigenvalue weighted by atomic mass is 9.86. The summed E-state index contributed by atoms with van der Waals surface area (Å²) in [6.07, 6.45) is 6.49. The van der Waals surface area contributed by atoms with Crippen molar-refractivity contribution in [2.45, 2.75) is 44.1 Å². The Labute approximate surface area is 183 Å². The number of nitrogens with two attached hydrogens (primary N) is 1. The van der Waals surface area contributed by atoms with Gasteiger partial charge in [-0.05, 0) is 55.5 Å². The Balaban J connectivity index is 0.00000256. The lowest BCUT2D eigenvalue weighted by molar-refractivity contribution is 0.354. The van der Waals surface area contributed by atoms with E-state index >= 15 is 0 Å². The van der Waals surface area contributed by atoms with Gasteiger partial charge < -0.3 is 15.2 Å². The highest BCUT2D eigenvalue weighted by molar-refractivity contribution is 5.85. The van der Waals surface area contributed by atoms with Crippen LogP contribution in [-0.2, 0) is 6.42 Å². The van der Waals surface area contributed by atoms with Gasteiger partial charge in [0, 0.05) is 24.6 Å². The van der Waals surface area contributed by atoms with Crippen LogP contribution in [0.25, 0.3) is 5.82 Å². The lowest BCUT2D eigenvalue weighted by Gasteiger charge is -2.25. The predicted octanol–water partition coefficient (Wildman–Crippen LogP) is 3.68. The quantitative estimate of drug-likeness (QED) is 0.643. The fourth-order valence-electron chi connectivity index (χ4n) is 3.91. The Morgan fingerprint density at radius 1 is 1.03 bits per heavy atom. The molecule has 2 aromatic heterocycles. The van der Waals surface area contributed by atoms with E-state index in [1.807, 2.05) is 41.1 Å². The Kier molecular flexibility index (Phi) is 7.29. The molecule has 1 aromatic carbocycles. The molecule has 3 aromatic rings. The van der Waals surface area contributed by atoms with Crippen molar-refractivity contribution in [1.29, 1.82) is 0 Å². The molecule has 1 fully saturated rings. The summed E-state index contributed by atoms with van der Waals surface area (Å²) in [6.45, 7) is 0. The van der Waals surface area contributed by atoms with Crippen LogP contribution in [0.3, 0.4) is 0 Å². The normalized spacial score (nSPS) is 18.5. The highest BCUT2D eigenvalue weighted by Gasteiger charge is 2.26. The van der Waals surface area contributed by atoms with E-state index in [-0.39, 0.29) is 12.4 Å². The molecular formula is C22H28ClN5O2. The van der Waals surface area contributed by atoms with Gasteiger partial charge in [0.15, 0.2) is 23.1 Å². The lowest BCUT2D eigenvalue weighted by Crippen LogP contribution is -2.26. The van der Waals surface area contributed by atoms with Gasteiger partial charge in [0.05, 0.1) is 14.2 Å². The van der Waals surface area contributed by atoms with Crippen LogP contribution in [-0.4, -0.2) is 40.0 Å². The van der Waals surface area contributed by atoms with E-state index in [9.17, 15) is 0 Å². The van der Waals surface area contributed by atoms with E-state index in [1.54, 1.807) is 20.4 Å². The van der Waals surface area contributed by atoms with Gasteiger partial charge in [-0.25, -0.2) is 9.97 Å². The van der Waals surface area contributed by atoms with Crippen molar-refractivity contribution in [2.24, 2.45) is 5.73 Å². The minimum atomic E-state index is 0. The molecular weight excluding hydrogens is 402 g/mol. The number of benzene rings is 1. The number of pyridine rings is 1. The first-order valence-corrected chi connectivity index (χ1v) is 10.0. The van der Waals surface area contributed by atoms with E-state index < -0.39 is 0 Å². The van der Waals surface area contributed by atoms with Crippen LogP contribution in [0.4, 0.5) is 0 Å². The molecule has 0 radical (unpaired) electrons. The SMILES string of the molecule is COc1ccc(Cc2nc(C3CCC(N)CC3)n(-c3ccccn3)n2)cc1OC.Cl. The smallest absolute Gasteiger partial charge is 0.161 e. The van der Waals surface area contributed by atoms with Gasteiger partial charge in [0.2, 0.25) is 0 Å². The molecule has 2 N–H and O–H groups in total. The molecule has 30 heavy (non-hydrogen) atoms. The number of halogens is 1. The zero-order valence-corrected chi connectivity index (χ0v) is 18.1. The summed E-state index contributed by atoms with van der Waals surface area (Å²) in [7, 11) is 3.28. The average molecular weight is 430 g/mol. The van der Waals surface area contributed by atoms with Crippen LogP contribution in [0.5, 0.6) is 11.5 Å². The molecule has 1 aliphatic carbocycles. The first-order chi connectivity index (χ1) is 14.2. The summed E-state index contributed by atoms with van der Waals surface area (Å²) in [5.41, 5.74) is 7.17. The summed E-state index contributed by atoms with van der Waals surface area (Å²) in [6, 6.07) is 12.0. The van der Waals surface area contributed by atoms with Crippen molar-refractivity contribution in [2.75, 3.05) is 14.2 Å². The molecule has 0 aliphatic heterocycles. The van der Waals surface area contributed by atoms with Crippen LogP contribution in [0.1, 0.15) is 48.8 Å². The highest BCUT2D eigenvalue weighted by atomic mass is 35.5. The first kappa shape index (κ1) is 22.1. The maximum atomic E-state index is 6.11. The predicted molar refractivity (Wildman–Crippen MR) is 118 cm³/mol. The largest absolute Gasteiger partial charge is 0.493 e. The van der Waals surface area contributed by atoms with Crippen molar-refractivity contribution in [1.82, 2.24) is 19.7 Å². The second-order valence-corrected chi connectivity index (χ2v) is 7.46. The van der Waals surface area contributed by atoms with Crippen molar-refractivity contribution in [3.05, 3.63) is 59.8 Å². The molecule has 8 heteroatoms. The van der Waals surface area contributed by atoms with Gasteiger partial charge in [-0.1, -0.05) is 12.1 Å². The number of hydrogen-bond acceptors (Lipinski definition) is 6. The molecule has 160 valence electrons. The van der Waals surface area contributed by atoms with Crippen molar-refractivity contribution in [3.8, 4) is 17.3 Å². The van der Waals surface area contributed by atoms with Gasteiger partial charge in [-0.2, -0.15) is 4.68 Å². The second kappa shape index (κ2) is 9.91. The van der Waals surface area contributed by atoms with E-state index in [0.717, 1.165) is 48.7 Å². The van der Waals surface area contributed by atoms with Gasteiger partial charge in [-0.15, -0.1) is 17.5 Å². The molecule has 0 saturated heterocycles. The van der Waals surface area contributed by atoms with Gasteiger partial charge in [-0.3, -0.25) is 0 Å². The molecule has 2 heterocycles. The fraction of sp³-hybridized carbons (Fsp3) is 0.409. The van der Waals surface area contributed by atoms with E-state index in [0.29, 0.717) is 29.9 Å². The Morgan fingerprint density at radius 3 is 2.47 bits per heavy atom. The van der Waals surface area contributed by atoms with Crippen molar-refractivity contribution < 1.29 is 9.47 Å². The van der Waals surface area contributed by atoms with Crippen LogP contribution in [0.15, 0.2) is 42.6 Å². The molecule has 0 spiro atoms. The second-order valence-electron chi connectivity index (χ2n) is 7.46. The van der Waals surface area contributed by atoms with Crippen LogP contribution in [0.2, 0.25) is 0 Å².